The fraction of sp³-hybridized carbons (Fsp3) is 0.222. The highest BCUT2D eigenvalue weighted by molar-refractivity contribution is 7.88. The molecule has 0 saturated carbocycles. The number of rotatable bonds is 3. The molecular weight excluding hydrogens is 232 g/mol. The van der Waals surface area contributed by atoms with Crippen molar-refractivity contribution in [3.63, 3.8) is 0 Å². The number of aromatic amines is 1. The second-order valence-electron chi connectivity index (χ2n) is 3.44. The normalized spacial score (nSPS) is 12.1. The first kappa shape index (κ1) is 10.9. The molecule has 0 spiro atoms. The molecular formula is C9H10N2O4S. The van der Waals surface area contributed by atoms with Gasteiger partial charge in [0.05, 0.1) is 11.8 Å². The number of fused-ring (bicyclic) bond motifs is 1. The lowest BCUT2D eigenvalue weighted by Gasteiger charge is -2.01. The molecule has 86 valence electrons. The van der Waals surface area contributed by atoms with Crippen molar-refractivity contribution >= 4 is 21.1 Å². The van der Waals surface area contributed by atoms with Crippen molar-refractivity contribution in [1.29, 1.82) is 0 Å². The van der Waals surface area contributed by atoms with Gasteiger partial charge in [0, 0.05) is 6.54 Å². The van der Waals surface area contributed by atoms with Crippen molar-refractivity contribution in [3.05, 3.63) is 34.3 Å². The van der Waals surface area contributed by atoms with Crippen LogP contribution in [0.25, 0.3) is 11.1 Å². The van der Waals surface area contributed by atoms with Gasteiger partial charge in [0.15, 0.2) is 5.58 Å². The lowest BCUT2D eigenvalue weighted by molar-refractivity contribution is 0.554. The Labute approximate surface area is 91.3 Å². The number of H-pyrrole nitrogens is 1. The van der Waals surface area contributed by atoms with Crippen molar-refractivity contribution in [2.24, 2.45) is 0 Å². The number of nitrogens with one attached hydrogen (secondary N) is 2. The van der Waals surface area contributed by atoms with Crippen molar-refractivity contribution in [2.45, 2.75) is 6.54 Å². The first-order valence-electron chi connectivity index (χ1n) is 4.50. The molecule has 2 rings (SSSR count). The molecule has 1 aromatic carbocycles. The van der Waals surface area contributed by atoms with E-state index in [0.29, 0.717) is 11.1 Å². The Morgan fingerprint density at radius 2 is 2.19 bits per heavy atom. The summed E-state index contributed by atoms with van der Waals surface area (Å²) in [5.74, 6) is -0.525. The van der Waals surface area contributed by atoms with E-state index >= 15 is 0 Å². The van der Waals surface area contributed by atoms with Crippen LogP contribution in [0.15, 0.2) is 27.4 Å². The minimum atomic E-state index is -3.22. The highest BCUT2D eigenvalue weighted by Gasteiger charge is 2.04. The van der Waals surface area contributed by atoms with Crippen molar-refractivity contribution in [1.82, 2.24) is 9.71 Å². The first-order chi connectivity index (χ1) is 7.44. The Morgan fingerprint density at radius 3 is 2.88 bits per heavy atom. The van der Waals surface area contributed by atoms with Crippen molar-refractivity contribution in [3.8, 4) is 0 Å². The van der Waals surface area contributed by atoms with Crippen LogP contribution in [0.4, 0.5) is 0 Å². The summed E-state index contributed by atoms with van der Waals surface area (Å²) in [6.45, 7) is 0.170. The van der Waals surface area contributed by atoms with Crippen molar-refractivity contribution in [2.75, 3.05) is 6.26 Å². The number of aromatic nitrogens is 1. The third kappa shape index (κ3) is 2.50. The van der Waals surface area contributed by atoms with Gasteiger partial charge in [0.25, 0.3) is 0 Å². The van der Waals surface area contributed by atoms with Gasteiger partial charge in [-0.1, -0.05) is 6.07 Å². The molecule has 0 aliphatic rings. The van der Waals surface area contributed by atoms with Crippen LogP contribution in [0.3, 0.4) is 0 Å². The first-order valence-corrected chi connectivity index (χ1v) is 6.39. The average Bonchev–Trinajstić information content (AvgIpc) is 2.52. The number of benzene rings is 1. The lowest BCUT2D eigenvalue weighted by Crippen LogP contribution is -2.21. The molecule has 0 atom stereocenters. The zero-order valence-electron chi connectivity index (χ0n) is 8.48. The van der Waals surface area contributed by atoms with Gasteiger partial charge in [0.2, 0.25) is 10.0 Å². The summed E-state index contributed by atoms with van der Waals surface area (Å²) in [5.41, 5.74) is 1.73. The summed E-state index contributed by atoms with van der Waals surface area (Å²) in [6, 6.07) is 5.00. The third-order valence-corrected chi connectivity index (χ3v) is 2.69. The number of hydrogen-bond donors (Lipinski definition) is 2. The molecule has 0 fully saturated rings. The van der Waals surface area contributed by atoms with E-state index < -0.39 is 15.8 Å². The van der Waals surface area contributed by atoms with E-state index in [1.54, 1.807) is 18.2 Å². The molecule has 0 saturated heterocycles. The molecule has 0 radical (unpaired) electrons. The summed E-state index contributed by atoms with van der Waals surface area (Å²) in [6.07, 6.45) is 1.09. The zero-order chi connectivity index (χ0) is 11.8. The largest absolute Gasteiger partial charge is 0.417 e. The third-order valence-electron chi connectivity index (χ3n) is 2.02. The second kappa shape index (κ2) is 3.76. The van der Waals surface area contributed by atoms with Gasteiger partial charge in [0.1, 0.15) is 0 Å². The fourth-order valence-corrected chi connectivity index (χ4v) is 1.74. The van der Waals surface area contributed by atoms with E-state index in [2.05, 4.69) is 9.71 Å². The molecule has 1 heterocycles. The number of oxazole rings is 1. The molecule has 2 aromatic rings. The zero-order valence-corrected chi connectivity index (χ0v) is 9.30. The molecule has 0 bridgehead atoms. The SMILES string of the molecule is CS(=O)(=O)NCc1ccc2[nH]c(=O)oc2c1. The molecule has 1 aromatic heterocycles. The topological polar surface area (TPSA) is 92.2 Å². The van der Waals surface area contributed by atoms with Crippen LogP contribution in [0, 0.1) is 0 Å². The molecule has 7 heteroatoms. The number of sulfonamides is 1. The van der Waals surface area contributed by atoms with Crippen LogP contribution < -0.4 is 10.5 Å². The van der Waals surface area contributed by atoms with E-state index in [4.69, 9.17) is 4.42 Å². The highest BCUT2D eigenvalue weighted by atomic mass is 32.2. The second-order valence-corrected chi connectivity index (χ2v) is 5.27. The molecule has 2 N–H and O–H groups in total. The molecule has 6 nitrogen and oxygen atoms in total. The monoisotopic (exact) mass is 242 g/mol. The molecule has 16 heavy (non-hydrogen) atoms. The molecule has 0 aliphatic carbocycles. The van der Waals surface area contributed by atoms with Gasteiger partial charge < -0.3 is 4.42 Å². The molecule has 0 unspecified atom stereocenters. The van der Waals surface area contributed by atoms with E-state index in [-0.39, 0.29) is 6.54 Å². The maximum Gasteiger partial charge on any atom is 0.417 e. The minimum Gasteiger partial charge on any atom is -0.408 e. The van der Waals surface area contributed by atoms with Crippen LogP contribution in [0.5, 0.6) is 0 Å². The van der Waals surface area contributed by atoms with Crippen LogP contribution in [0.1, 0.15) is 5.56 Å². The summed E-state index contributed by atoms with van der Waals surface area (Å²) in [7, 11) is -3.22. The van der Waals surface area contributed by atoms with Crippen molar-refractivity contribution < 1.29 is 12.8 Å². The summed E-state index contributed by atoms with van der Waals surface area (Å²) in [5, 5.41) is 0. The Balaban J connectivity index is 2.29. The Hall–Kier alpha value is -1.60. The van der Waals surface area contributed by atoms with Crippen LogP contribution in [-0.2, 0) is 16.6 Å². The van der Waals surface area contributed by atoms with Gasteiger partial charge in [-0.2, -0.15) is 0 Å². The summed E-state index contributed by atoms with van der Waals surface area (Å²) >= 11 is 0. The Morgan fingerprint density at radius 1 is 1.44 bits per heavy atom. The quantitative estimate of drug-likeness (QED) is 0.802. The predicted octanol–water partition coefficient (Wildman–Crippen LogP) is 0.170. The summed E-state index contributed by atoms with van der Waals surface area (Å²) in [4.78, 5) is 13.4. The van der Waals surface area contributed by atoms with Gasteiger partial charge in [-0.15, -0.1) is 0 Å². The lowest BCUT2D eigenvalue weighted by atomic mass is 10.2. The van der Waals surface area contributed by atoms with E-state index in [1.165, 1.54) is 0 Å². The standard InChI is InChI=1S/C9H10N2O4S/c1-16(13,14)10-5-6-2-3-7-8(4-6)15-9(12)11-7/h2-4,10H,5H2,1H3,(H,11,12). The van der Waals surface area contributed by atoms with E-state index in [0.717, 1.165) is 11.8 Å². The van der Waals surface area contributed by atoms with Gasteiger partial charge in [-0.3, -0.25) is 4.98 Å². The average molecular weight is 242 g/mol. The van der Waals surface area contributed by atoms with Gasteiger partial charge in [-0.05, 0) is 17.7 Å². The fourth-order valence-electron chi connectivity index (χ4n) is 1.31. The Bertz CT molecular complexity index is 668. The van der Waals surface area contributed by atoms with Gasteiger partial charge >= 0.3 is 5.76 Å². The van der Waals surface area contributed by atoms with Crippen LogP contribution in [0.2, 0.25) is 0 Å². The molecule has 0 aliphatic heterocycles. The predicted molar refractivity (Wildman–Crippen MR) is 58.5 cm³/mol. The smallest absolute Gasteiger partial charge is 0.408 e. The Kier molecular flexibility index (Phi) is 2.56. The maximum absolute atomic E-state index is 10.9. The van der Waals surface area contributed by atoms with Gasteiger partial charge in [-0.25, -0.2) is 17.9 Å². The summed E-state index contributed by atoms with van der Waals surface area (Å²) < 4.78 is 29.0. The minimum absolute atomic E-state index is 0.170. The maximum atomic E-state index is 10.9. The number of hydrogen-bond acceptors (Lipinski definition) is 4. The highest BCUT2D eigenvalue weighted by Crippen LogP contribution is 2.12. The van der Waals surface area contributed by atoms with Crippen LogP contribution in [-0.4, -0.2) is 19.7 Å². The molecule has 0 amide bonds. The van der Waals surface area contributed by atoms with E-state index in [1.807, 2.05) is 0 Å². The van der Waals surface area contributed by atoms with E-state index in [9.17, 15) is 13.2 Å². The van der Waals surface area contributed by atoms with Crippen LogP contribution >= 0.6 is 0 Å².